The number of nitrogens with one attached hydrogen (secondary N) is 3. The second-order valence-corrected chi connectivity index (χ2v) is 19.9. The van der Waals surface area contributed by atoms with Gasteiger partial charge in [-0.05, 0) is 95.4 Å². The Morgan fingerprint density at radius 2 is 1.78 bits per heavy atom. The van der Waals surface area contributed by atoms with Crippen molar-refractivity contribution in [2.45, 2.75) is 114 Å². The van der Waals surface area contributed by atoms with Crippen molar-refractivity contribution in [2.75, 3.05) is 6.54 Å². The first-order chi connectivity index (χ1) is 28.0. The number of ether oxygens (including phenoxy) is 2. The van der Waals surface area contributed by atoms with Gasteiger partial charge in [-0.3, -0.25) is 19.1 Å². The molecule has 3 aromatic rings. The minimum absolute atomic E-state index is 0.000760. The largest absolute Gasteiger partial charge is 0.491 e. The van der Waals surface area contributed by atoms with Gasteiger partial charge in [0.2, 0.25) is 21.8 Å². The van der Waals surface area contributed by atoms with E-state index in [4.69, 9.17) is 14.5 Å². The van der Waals surface area contributed by atoms with Gasteiger partial charge >= 0.3 is 6.09 Å². The maximum Gasteiger partial charge on any atom is 0.405 e. The number of sulfonamides is 1. The van der Waals surface area contributed by atoms with Crippen LogP contribution >= 0.6 is 11.3 Å². The Morgan fingerprint density at radius 1 is 1.05 bits per heavy atom. The molecule has 2 aliphatic carbocycles. The zero-order valence-electron chi connectivity index (χ0n) is 33.8. The highest BCUT2D eigenvalue weighted by atomic mass is 32.2. The second kappa shape index (κ2) is 16.6. The number of carboxylic acid groups (broad SMARTS) is 1. The van der Waals surface area contributed by atoms with Crippen molar-refractivity contribution in [3.63, 3.8) is 0 Å². The molecule has 2 aliphatic heterocycles. The summed E-state index contributed by atoms with van der Waals surface area (Å²) in [5.74, 6) is -1.76. The maximum atomic E-state index is 14.6. The predicted octanol–water partition coefficient (Wildman–Crippen LogP) is 5.53. The topological polar surface area (TPSA) is 206 Å². The number of carbonyl (C=O) groups is 4. The van der Waals surface area contributed by atoms with Crippen molar-refractivity contribution in [1.82, 2.24) is 30.2 Å². The van der Waals surface area contributed by atoms with Gasteiger partial charge < -0.3 is 30.1 Å². The summed E-state index contributed by atoms with van der Waals surface area (Å²) >= 11 is 1.42. The average Bonchev–Trinajstić information content (AvgIpc) is 3.92. The van der Waals surface area contributed by atoms with Crippen molar-refractivity contribution in [3.05, 3.63) is 59.4 Å². The Labute approximate surface area is 348 Å². The van der Waals surface area contributed by atoms with Gasteiger partial charge in [0.1, 0.15) is 35.2 Å². The number of carbonyl (C=O) groups excluding carboxylic acids is 3. The van der Waals surface area contributed by atoms with Crippen LogP contribution in [-0.4, -0.2) is 93.3 Å². The van der Waals surface area contributed by atoms with E-state index in [1.165, 1.54) is 16.2 Å². The molecule has 316 valence electrons. The van der Waals surface area contributed by atoms with Gasteiger partial charge in [0.25, 0.3) is 5.91 Å². The van der Waals surface area contributed by atoms with Gasteiger partial charge in [0, 0.05) is 35.4 Å². The van der Waals surface area contributed by atoms with Crippen LogP contribution in [0.15, 0.2) is 59.4 Å². The Morgan fingerprint density at radius 3 is 2.44 bits per heavy atom. The molecule has 7 rings (SSSR count). The summed E-state index contributed by atoms with van der Waals surface area (Å²) in [5.41, 5.74) is 2.70. The van der Waals surface area contributed by atoms with Crippen LogP contribution in [0.1, 0.15) is 79.6 Å². The number of allylic oxidation sites excluding steroid dienone is 1. The zero-order valence-corrected chi connectivity index (χ0v) is 35.5. The van der Waals surface area contributed by atoms with E-state index in [1.807, 2.05) is 69.5 Å². The summed E-state index contributed by atoms with van der Waals surface area (Å²) in [6, 6.07) is 8.66. The fraction of sp³-hybridized carbons (Fsp3) is 0.524. The van der Waals surface area contributed by atoms with Crippen LogP contribution < -0.4 is 24.8 Å². The van der Waals surface area contributed by atoms with Crippen molar-refractivity contribution in [3.8, 4) is 34.1 Å². The Kier molecular flexibility index (Phi) is 11.8. The van der Waals surface area contributed by atoms with E-state index in [1.54, 1.807) is 24.6 Å². The quantitative estimate of drug-likeness (QED) is 0.187. The zero-order chi connectivity index (χ0) is 42.3. The molecule has 4 N–H and O–H groups in total. The molecular formula is C42H52N6O9S2. The highest BCUT2D eigenvalue weighted by molar-refractivity contribution is 7.91. The summed E-state index contributed by atoms with van der Waals surface area (Å²) in [7, 11) is -4.02. The van der Waals surface area contributed by atoms with Crippen LogP contribution in [0.5, 0.6) is 11.5 Å². The van der Waals surface area contributed by atoms with Gasteiger partial charge in [-0.25, -0.2) is 23.2 Å². The first-order valence-corrected chi connectivity index (χ1v) is 22.6. The summed E-state index contributed by atoms with van der Waals surface area (Å²) in [6.45, 7) is 9.26. The number of nitrogens with zero attached hydrogens (tertiary/aromatic N) is 3. The number of thiazole rings is 1. The van der Waals surface area contributed by atoms with Gasteiger partial charge in [-0.2, -0.15) is 0 Å². The van der Waals surface area contributed by atoms with E-state index in [9.17, 15) is 32.7 Å². The lowest BCUT2D eigenvalue weighted by Crippen LogP contribution is -2.59. The lowest BCUT2D eigenvalue weighted by atomic mass is 9.88. The fourth-order valence-corrected chi connectivity index (χ4v) is 9.95. The first-order valence-electron chi connectivity index (χ1n) is 20.2. The van der Waals surface area contributed by atoms with Gasteiger partial charge in [-0.1, -0.05) is 26.0 Å². The number of amides is 4. The molecule has 3 fully saturated rings. The molecule has 1 aromatic carbocycles. The Hall–Kier alpha value is -5.03. The van der Waals surface area contributed by atoms with Crippen LogP contribution in [0.25, 0.3) is 22.6 Å². The monoisotopic (exact) mass is 848 g/mol. The molecule has 2 aromatic heterocycles. The third kappa shape index (κ3) is 9.25. The van der Waals surface area contributed by atoms with Gasteiger partial charge in [0.05, 0.1) is 40.0 Å². The number of hydrogen-bond acceptors (Lipinski definition) is 11. The van der Waals surface area contributed by atoms with E-state index in [0.717, 1.165) is 12.0 Å². The molecule has 0 spiro atoms. The lowest BCUT2D eigenvalue weighted by Gasteiger charge is -2.32. The SMILES string of the molecule is CC(C)Oc1ccc(-c2cc(O[C@@H]3C[C@H]4C(=O)NC5(C(=O)NS(=O)(=O)C6(C)CC6)C[C@H]5/C=C\CC[C@@H](C)C[C@@H](C)[C@H](NC(=O)O)C(=O)N4C3)cc(-c3cscn3)n2)cc1. The van der Waals surface area contributed by atoms with Crippen LogP contribution in [-0.2, 0) is 24.4 Å². The van der Waals surface area contributed by atoms with Crippen molar-refractivity contribution >= 4 is 45.2 Å². The predicted molar refractivity (Wildman–Crippen MR) is 221 cm³/mol. The van der Waals surface area contributed by atoms with Crippen molar-refractivity contribution in [2.24, 2.45) is 17.8 Å². The van der Waals surface area contributed by atoms with Crippen molar-refractivity contribution in [1.29, 1.82) is 0 Å². The molecule has 0 bridgehead atoms. The van der Waals surface area contributed by atoms with E-state index in [2.05, 4.69) is 20.3 Å². The van der Waals surface area contributed by atoms with Crippen LogP contribution in [0.4, 0.5) is 4.79 Å². The number of aromatic nitrogens is 2. The van der Waals surface area contributed by atoms with E-state index in [0.29, 0.717) is 54.3 Å². The molecule has 4 heterocycles. The summed E-state index contributed by atoms with van der Waals surface area (Å²) in [4.78, 5) is 65.8. The highest BCUT2D eigenvalue weighted by Crippen LogP contribution is 2.47. The van der Waals surface area contributed by atoms with Gasteiger partial charge in [0.15, 0.2) is 0 Å². The molecule has 4 aliphatic rings. The maximum absolute atomic E-state index is 14.6. The molecule has 2 saturated carbocycles. The normalized spacial score (nSPS) is 28.5. The summed E-state index contributed by atoms with van der Waals surface area (Å²) in [6.07, 6.45) is 4.59. The average molecular weight is 849 g/mol. The molecule has 15 nitrogen and oxygen atoms in total. The number of rotatable bonds is 10. The van der Waals surface area contributed by atoms with E-state index < -0.39 is 74.1 Å². The first kappa shape index (κ1) is 42.1. The molecule has 59 heavy (non-hydrogen) atoms. The van der Waals surface area contributed by atoms with Crippen LogP contribution in [0, 0.1) is 17.8 Å². The molecule has 0 radical (unpaired) electrons. The molecule has 1 saturated heterocycles. The lowest BCUT2D eigenvalue weighted by molar-refractivity contribution is -0.142. The number of benzene rings is 1. The summed E-state index contributed by atoms with van der Waals surface area (Å²) < 4.78 is 40.1. The van der Waals surface area contributed by atoms with Crippen LogP contribution in [0.3, 0.4) is 0 Å². The van der Waals surface area contributed by atoms with Gasteiger partial charge in [-0.15, -0.1) is 11.3 Å². The van der Waals surface area contributed by atoms with Crippen molar-refractivity contribution < 1.29 is 42.2 Å². The third-order valence-electron chi connectivity index (χ3n) is 11.8. The van der Waals surface area contributed by atoms with E-state index in [-0.39, 0.29) is 31.4 Å². The molecule has 17 heteroatoms. The Balaban J connectivity index is 1.22. The van der Waals surface area contributed by atoms with Crippen LogP contribution in [0.2, 0.25) is 0 Å². The minimum atomic E-state index is -4.02. The minimum Gasteiger partial charge on any atom is -0.491 e. The molecule has 7 atom stereocenters. The molecular weight excluding hydrogens is 797 g/mol. The third-order valence-corrected chi connectivity index (χ3v) is 14.6. The second-order valence-electron chi connectivity index (χ2n) is 17.0. The van der Waals surface area contributed by atoms with E-state index >= 15 is 0 Å². The smallest absolute Gasteiger partial charge is 0.405 e. The number of hydrogen-bond donors (Lipinski definition) is 4. The fourth-order valence-electron chi connectivity index (χ4n) is 8.09. The molecule has 4 amide bonds. The number of pyridine rings is 1. The Bertz CT molecular complexity index is 2210. The standard InChI is InChI=1S/C42H52N6O9S2/c1-24(2)56-29-12-10-27(11-13-29)32-17-30(18-33(44-32)34-22-58-23-43-34)57-31-19-35-37(49)46-42(39(51)47-59(54,55)41(5)14-15-41)20-28(42)9-7-6-8-25(3)16-26(4)36(45-40(52)53)38(50)48(35)21-31/h7,9-13,17-18,22-26,28,31,35-36,45H,6,8,14-16,19-21H2,1-5H3,(H,46,49)(H,47,51)(H,52,53)/b9-7-/t25-,26-,28-,31-,35+,36+,42?/m1/s1. The highest BCUT2D eigenvalue weighted by Gasteiger charge is 2.63. The summed E-state index contributed by atoms with van der Waals surface area (Å²) in [5, 5.41) is 17.0. The molecule has 1 unspecified atom stereocenters. The number of fused-ring (bicyclic) bond motifs is 2.